The van der Waals surface area contributed by atoms with Gasteiger partial charge >= 0.3 is 0 Å². The average molecular weight is 450 g/mol. The normalized spacial score (nSPS) is 16.1. The number of fused-ring (bicyclic) bond motifs is 1. The fourth-order valence-electron chi connectivity index (χ4n) is 4.17. The minimum absolute atomic E-state index is 0.129. The zero-order chi connectivity index (χ0) is 22.6. The quantitative estimate of drug-likeness (QED) is 0.414. The molecule has 1 aliphatic rings. The minimum Gasteiger partial charge on any atom is -0.497 e. The van der Waals surface area contributed by atoms with E-state index >= 15 is 0 Å². The fraction of sp³-hybridized carbons (Fsp3) is 0.391. The number of furan rings is 1. The summed E-state index contributed by atoms with van der Waals surface area (Å²) in [7, 11) is 1.62. The number of pyridine rings is 1. The van der Waals surface area contributed by atoms with Crippen LogP contribution in [0.25, 0.3) is 10.9 Å². The number of aromatic nitrogens is 5. The predicted octanol–water partition coefficient (Wildman–Crippen LogP) is 2.50. The lowest BCUT2D eigenvalue weighted by molar-refractivity contribution is 0.0913. The second-order valence-electron chi connectivity index (χ2n) is 8.21. The maximum atomic E-state index is 12.8. The van der Waals surface area contributed by atoms with Crippen molar-refractivity contribution in [2.45, 2.75) is 45.1 Å². The summed E-state index contributed by atoms with van der Waals surface area (Å²) in [6.45, 7) is 2.76. The molecule has 3 aromatic heterocycles. The number of H-pyrrole nitrogens is 1. The second-order valence-corrected chi connectivity index (χ2v) is 8.21. The number of nitrogens with zero attached hydrogens (tertiary/aromatic N) is 5. The van der Waals surface area contributed by atoms with Crippen LogP contribution in [-0.4, -0.2) is 49.9 Å². The fourth-order valence-corrected chi connectivity index (χ4v) is 4.17. The molecule has 4 heterocycles. The number of benzene rings is 1. The number of aromatic amines is 1. The first-order chi connectivity index (χ1) is 16.2. The van der Waals surface area contributed by atoms with Crippen molar-refractivity contribution in [3.05, 3.63) is 70.2 Å². The maximum Gasteiger partial charge on any atom is 0.252 e. The van der Waals surface area contributed by atoms with Crippen LogP contribution in [0.4, 0.5) is 0 Å². The van der Waals surface area contributed by atoms with Crippen molar-refractivity contribution in [2.24, 2.45) is 0 Å². The molecule has 1 N–H and O–H groups in total. The molecule has 1 fully saturated rings. The molecule has 5 rings (SSSR count). The first kappa shape index (κ1) is 21.4. The van der Waals surface area contributed by atoms with Crippen molar-refractivity contribution in [1.82, 2.24) is 30.1 Å². The van der Waals surface area contributed by atoms with Gasteiger partial charge in [0.1, 0.15) is 11.5 Å². The van der Waals surface area contributed by atoms with Crippen LogP contribution in [0, 0.1) is 0 Å². The van der Waals surface area contributed by atoms with Crippen molar-refractivity contribution >= 4 is 10.9 Å². The summed E-state index contributed by atoms with van der Waals surface area (Å²) < 4.78 is 18.4. The molecular weight excluding hydrogens is 424 g/mol. The molecule has 1 saturated heterocycles. The van der Waals surface area contributed by atoms with Crippen molar-refractivity contribution in [2.75, 3.05) is 13.7 Å². The Balaban J connectivity index is 1.41. The lowest BCUT2D eigenvalue weighted by atomic mass is 10.1. The molecule has 0 aliphatic carbocycles. The van der Waals surface area contributed by atoms with Gasteiger partial charge < -0.3 is 18.9 Å². The standard InChI is InChI=1S/C23H26N6O4/c1-31-18-6-7-21-16(11-18)10-17(23(30)24-21)12-28(13-19-4-2-8-32-19)15-22-25-26-27-29(22)14-20-5-3-9-33-20/h2,4,6-8,10-11,20H,3,5,9,12-15H2,1H3,(H,24,30)/t20-/m1/s1. The number of tetrazole rings is 1. The third kappa shape index (κ3) is 4.96. The molecule has 0 unspecified atom stereocenters. The Hall–Kier alpha value is -3.50. The number of rotatable bonds is 9. The van der Waals surface area contributed by atoms with Crippen LogP contribution < -0.4 is 10.3 Å². The molecule has 10 heteroatoms. The highest BCUT2D eigenvalue weighted by atomic mass is 16.5. The predicted molar refractivity (Wildman–Crippen MR) is 120 cm³/mol. The number of ether oxygens (including phenoxy) is 2. The van der Waals surface area contributed by atoms with E-state index in [1.54, 1.807) is 18.1 Å². The van der Waals surface area contributed by atoms with Gasteiger partial charge in [0.2, 0.25) is 0 Å². The Labute approximate surface area is 190 Å². The Morgan fingerprint density at radius 2 is 2.18 bits per heavy atom. The molecule has 10 nitrogen and oxygen atoms in total. The first-order valence-corrected chi connectivity index (χ1v) is 11.0. The largest absolute Gasteiger partial charge is 0.497 e. The molecule has 0 bridgehead atoms. The van der Waals surface area contributed by atoms with Crippen molar-refractivity contribution in [3.63, 3.8) is 0 Å². The summed E-state index contributed by atoms with van der Waals surface area (Å²) in [6, 6.07) is 11.3. The lowest BCUT2D eigenvalue weighted by Gasteiger charge is -2.21. The van der Waals surface area contributed by atoms with Crippen LogP contribution in [-0.2, 0) is 30.9 Å². The van der Waals surface area contributed by atoms with Gasteiger partial charge in [0.25, 0.3) is 5.56 Å². The maximum absolute atomic E-state index is 12.8. The highest BCUT2D eigenvalue weighted by Crippen LogP contribution is 2.20. The number of hydrogen-bond donors (Lipinski definition) is 1. The van der Waals surface area contributed by atoms with E-state index in [0.717, 1.165) is 47.7 Å². The molecule has 1 aromatic carbocycles. The molecular formula is C23H26N6O4. The molecule has 172 valence electrons. The molecule has 0 saturated carbocycles. The Kier molecular flexibility index (Phi) is 6.18. The summed E-state index contributed by atoms with van der Waals surface area (Å²) in [5.41, 5.74) is 1.28. The zero-order valence-electron chi connectivity index (χ0n) is 18.4. The highest BCUT2D eigenvalue weighted by Gasteiger charge is 2.21. The average Bonchev–Trinajstić information content (AvgIpc) is 3.59. The van der Waals surface area contributed by atoms with E-state index in [1.165, 1.54) is 0 Å². The van der Waals surface area contributed by atoms with E-state index in [0.29, 0.717) is 31.7 Å². The Morgan fingerprint density at radius 1 is 1.24 bits per heavy atom. The number of methoxy groups -OCH3 is 1. The van der Waals surface area contributed by atoms with E-state index in [-0.39, 0.29) is 11.7 Å². The van der Waals surface area contributed by atoms with E-state index in [2.05, 4.69) is 25.4 Å². The van der Waals surface area contributed by atoms with E-state index < -0.39 is 0 Å². The van der Waals surface area contributed by atoms with Crippen molar-refractivity contribution < 1.29 is 13.9 Å². The van der Waals surface area contributed by atoms with E-state index in [1.807, 2.05) is 36.4 Å². The summed E-state index contributed by atoms with van der Waals surface area (Å²) in [5.74, 6) is 2.25. The summed E-state index contributed by atoms with van der Waals surface area (Å²) in [5, 5.41) is 13.2. The number of nitrogens with one attached hydrogen (secondary N) is 1. The molecule has 0 spiro atoms. The van der Waals surface area contributed by atoms with Crippen molar-refractivity contribution in [3.8, 4) is 5.75 Å². The van der Waals surface area contributed by atoms with Gasteiger partial charge in [0.05, 0.1) is 39.1 Å². The van der Waals surface area contributed by atoms with Gasteiger partial charge in [-0.1, -0.05) is 0 Å². The van der Waals surface area contributed by atoms with Gasteiger partial charge in [-0.05, 0) is 59.7 Å². The molecule has 1 atom stereocenters. The highest BCUT2D eigenvalue weighted by molar-refractivity contribution is 5.80. The van der Waals surface area contributed by atoms with E-state index in [9.17, 15) is 4.79 Å². The lowest BCUT2D eigenvalue weighted by Crippen LogP contribution is -2.28. The summed E-state index contributed by atoms with van der Waals surface area (Å²) in [6.07, 6.45) is 3.83. The summed E-state index contributed by atoms with van der Waals surface area (Å²) >= 11 is 0. The van der Waals surface area contributed by atoms with Gasteiger partial charge in [-0.3, -0.25) is 9.69 Å². The van der Waals surface area contributed by atoms with Crippen LogP contribution in [0.3, 0.4) is 0 Å². The number of hydrogen-bond acceptors (Lipinski definition) is 8. The van der Waals surface area contributed by atoms with Gasteiger partial charge in [-0.25, -0.2) is 4.68 Å². The van der Waals surface area contributed by atoms with Crippen LogP contribution in [0.15, 0.2) is 51.9 Å². The molecule has 0 radical (unpaired) electrons. The van der Waals surface area contributed by atoms with Gasteiger partial charge in [-0.15, -0.1) is 5.10 Å². The summed E-state index contributed by atoms with van der Waals surface area (Å²) in [4.78, 5) is 17.9. The minimum atomic E-state index is -0.129. The van der Waals surface area contributed by atoms with Crippen LogP contribution >= 0.6 is 0 Å². The van der Waals surface area contributed by atoms with Gasteiger partial charge in [0, 0.05) is 29.6 Å². The van der Waals surface area contributed by atoms with Crippen LogP contribution in [0.5, 0.6) is 5.75 Å². The molecule has 4 aromatic rings. The third-order valence-corrected chi connectivity index (χ3v) is 5.85. The van der Waals surface area contributed by atoms with Crippen LogP contribution in [0.1, 0.15) is 30.0 Å². The second kappa shape index (κ2) is 9.55. The van der Waals surface area contributed by atoms with Gasteiger partial charge in [-0.2, -0.15) is 0 Å². The van der Waals surface area contributed by atoms with Crippen molar-refractivity contribution in [1.29, 1.82) is 0 Å². The zero-order valence-corrected chi connectivity index (χ0v) is 18.4. The van der Waals surface area contributed by atoms with Crippen LogP contribution in [0.2, 0.25) is 0 Å². The topological polar surface area (TPSA) is 111 Å². The Morgan fingerprint density at radius 3 is 2.97 bits per heavy atom. The molecule has 33 heavy (non-hydrogen) atoms. The first-order valence-electron chi connectivity index (χ1n) is 11.0. The third-order valence-electron chi connectivity index (χ3n) is 5.85. The Bertz CT molecular complexity index is 1260. The molecule has 1 aliphatic heterocycles. The SMILES string of the molecule is COc1ccc2[nH]c(=O)c(CN(Cc3ccco3)Cc3nnnn3C[C@H]3CCCO3)cc2c1. The van der Waals surface area contributed by atoms with Gasteiger partial charge in [0.15, 0.2) is 5.82 Å². The van der Waals surface area contributed by atoms with E-state index in [4.69, 9.17) is 13.9 Å². The smallest absolute Gasteiger partial charge is 0.252 e. The monoisotopic (exact) mass is 450 g/mol. The molecule has 0 amide bonds.